The second-order valence-corrected chi connectivity index (χ2v) is 7.55. The fourth-order valence-electron chi connectivity index (χ4n) is 2.41. The van der Waals surface area contributed by atoms with Crippen molar-refractivity contribution >= 4 is 40.3 Å². The molecule has 1 aromatic carbocycles. The van der Waals surface area contributed by atoms with Crippen molar-refractivity contribution in [1.29, 1.82) is 0 Å². The minimum absolute atomic E-state index is 0.0513. The molecule has 1 aromatic rings. The number of phenolic OH excluding ortho intramolecular Hbond substituents is 1. The Labute approximate surface area is 131 Å². The molecule has 2 rings (SSSR count). The van der Waals surface area contributed by atoms with E-state index >= 15 is 0 Å². The average Bonchev–Trinajstić information content (AvgIpc) is 2.80. The van der Waals surface area contributed by atoms with Crippen LogP contribution in [0.5, 0.6) is 5.75 Å². The van der Waals surface area contributed by atoms with Crippen molar-refractivity contribution in [2.24, 2.45) is 0 Å². The summed E-state index contributed by atoms with van der Waals surface area (Å²) in [7, 11) is 0. The summed E-state index contributed by atoms with van der Waals surface area (Å²) in [6.45, 7) is 2.17. The van der Waals surface area contributed by atoms with Gasteiger partial charge in [-0.2, -0.15) is 11.8 Å². The number of thioether (sulfide) groups is 1. The topological polar surface area (TPSA) is 49.3 Å². The van der Waals surface area contributed by atoms with Gasteiger partial charge in [0.05, 0.1) is 5.56 Å². The Balaban J connectivity index is 1.96. The fourth-order valence-corrected chi connectivity index (χ4v) is 4.05. The summed E-state index contributed by atoms with van der Waals surface area (Å²) in [6, 6.07) is 5.32. The Kier molecular flexibility index (Phi) is 5.38. The summed E-state index contributed by atoms with van der Waals surface area (Å²) >= 11 is 4.11. The number of phenols is 1. The Morgan fingerprint density at radius 3 is 3.05 bits per heavy atom. The fraction of sp³-hybridized carbons (Fsp3) is 0.500. The first-order valence-corrected chi connectivity index (χ1v) is 8.64. The van der Waals surface area contributed by atoms with E-state index in [0.717, 1.165) is 22.2 Å². The minimum Gasteiger partial charge on any atom is -0.507 e. The third-order valence-electron chi connectivity index (χ3n) is 3.33. The number of amides is 1. The molecule has 1 aliphatic carbocycles. The van der Waals surface area contributed by atoms with E-state index in [1.165, 1.54) is 6.42 Å². The van der Waals surface area contributed by atoms with E-state index in [1.54, 1.807) is 18.2 Å². The smallest absolute Gasteiger partial charge is 0.255 e. The highest BCUT2D eigenvalue weighted by Gasteiger charge is 2.26. The zero-order chi connectivity index (χ0) is 13.8. The van der Waals surface area contributed by atoms with Gasteiger partial charge in [0.25, 0.3) is 5.91 Å². The number of rotatable bonds is 4. The van der Waals surface area contributed by atoms with E-state index in [4.69, 9.17) is 0 Å². The van der Waals surface area contributed by atoms with Crippen LogP contribution in [0.2, 0.25) is 0 Å². The van der Waals surface area contributed by atoms with Crippen molar-refractivity contribution in [3.8, 4) is 5.75 Å². The number of carbonyl (C=O) groups is 1. The molecule has 1 saturated carbocycles. The van der Waals surface area contributed by atoms with Crippen molar-refractivity contribution in [3.05, 3.63) is 27.3 Å². The highest BCUT2D eigenvalue weighted by Crippen LogP contribution is 2.30. The van der Waals surface area contributed by atoms with E-state index in [9.17, 15) is 9.90 Å². The van der Waals surface area contributed by atoms with Crippen LogP contribution in [-0.4, -0.2) is 28.1 Å². The van der Waals surface area contributed by atoms with Gasteiger partial charge < -0.3 is 10.4 Å². The minimum atomic E-state index is -0.164. The zero-order valence-corrected chi connectivity index (χ0v) is 13.8. The first-order chi connectivity index (χ1) is 9.10. The van der Waals surface area contributed by atoms with Gasteiger partial charge in [0.2, 0.25) is 0 Å². The van der Waals surface area contributed by atoms with E-state index in [0.29, 0.717) is 10.8 Å². The van der Waals surface area contributed by atoms with E-state index in [-0.39, 0.29) is 17.7 Å². The molecule has 104 valence electrons. The van der Waals surface area contributed by atoms with Crippen molar-refractivity contribution in [2.45, 2.75) is 37.5 Å². The lowest BCUT2D eigenvalue weighted by atomic mass is 10.1. The van der Waals surface area contributed by atoms with E-state index in [2.05, 4.69) is 34.8 Å². The van der Waals surface area contributed by atoms with E-state index < -0.39 is 0 Å². The quantitative estimate of drug-likeness (QED) is 0.774. The Bertz CT molecular complexity index is 467. The molecule has 0 radical (unpaired) electrons. The molecular formula is C14H18INO2S. The average molecular weight is 391 g/mol. The summed E-state index contributed by atoms with van der Waals surface area (Å²) in [4.78, 5) is 12.2. The standard InChI is InChI=1S/C14H18INO2S/c1-2-19-11-5-4-10(8-11)16-14(18)12-7-9(15)3-6-13(12)17/h3,6-7,10-11,17H,2,4-5,8H2,1H3,(H,16,18). The van der Waals surface area contributed by atoms with E-state index in [1.807, 2.05) is 11.8 Å². The van der Waals surface area contributed by atoms with Crippen LogP contribution < -0.4 is 5.32 Å². The number of hydrogen-bond donors (Lipinski definition) is 2. The van der Waals surface area contributed by atoms with Gasteiger partial charge in [-0.1, -0.05) is 6.92 Å². The normalized spacial score (nSPS) is 22.4. The third kappa shape index (κ3) is 4.02. The number of halogens is 1. The SMILES string of the molecule is CCSC1CCC(NC(=O)c2cc(I)ccc2O)C1. The molecule has 0 bridgehead atoms. The first kappa shape index (κ1) is 15.0. The zero-order valence-electron chi connectivity index (χ0n) is 10.9. The van der Waals surface area contributed by atoms with Crippen molar-refractivity contribution < 1.29 is 9.90 Å². The number of hydrogen-bond acceptors (Lipinski definition) is 3. The molecule has 0 spiro atoms. The first-order valence-electron chi connectivity index (χ1n) is 6.51. The molecule has 0 aromatic heterocycles. The highest BCUT2D eigenvalue weighted by atomic mass is 127. The molecule has 3 nitrogen and oxygen atoms in total. The predicted octanol–water partition coefficient (Wildman–Crippen LogP) is 3.40. The molecular weight excluding hydrogens is 373 g/mol. The van der Waals surface area contributed by atoms with Crippen LogP contribution in [-0.2, 0) is 0 Å². The van der Waals surface area contributed by atoms with Crippen molar-refractivity contribution in [1.82, 2.24) is 5.32 Å². The van der Waals surface area contributed by atoms with Gasteiger partial charge in [0, 0.05) is 14.9 Å². The lowest BCUT2D eigenvalue weighted by Crippen LogP contribution is -2.33. The van der Waals surface area contributed by atoms with Crippen LogP contribution in [0, 0.1) is 3.57 Å². The number of nitrogens with one attached hydrogen (secondary N) is 1. The predicted molar refractivity (Wildman–Crippen MR) is 87.8 cm³/mol. The monoisotopic (exact) mass is 391 g/mol. The Hall–Kier alpha value is -0.430. The molecule has 0 saturated heterocycles. The van der Waals surface area contributed by atoms with Gasteiger partial charge in [-0.3, -0.25) is 4.79 Å². The largest absolute Gasteiger partial charge is 0.507 e. The molecule has 2 unspecified atom stereocenters. The van der Waals surface area contributed by atoms with Gasteiger partial charge in [-0.15, -0.1) is 0 Å². The lowest BCUT2D eigenvalue weighted by Gasteiger charge is -2.14. The third-order valence-corrected chi connectivity index (χ3v) is 5.23. The molecule has 0 heterocycles. The molecule has 0 aliphatic heterocycles. The second kappa shape index (κ2) is 6.83. The van der Waals surface area contributed by atoms with Crippen LogP contribution in [0.1, 0.15) is 36.5 Å². The van der Waals surface area contributed by atoms with Gasteiger partial charge in [-0.25, -0.2) is 0 Å². The van der Waals surface area contributed by atoms with Gasteiger partial charge in [0.15, 0.2) is 0 Å². The molecule has 2 atom stereocenters. The number of benzene rings is 1. The summed E-state index contributed by atoms with van der Waals surface area (Å²) in [5.74, 6) is 1.02. The Morgan fingerprint density at radius 1 is 1.53 bits per heavy atom. The van der Waals surface area contributed by atoms with Gasteiger partial charge in [0.1, 0.15) is 5.75 Å². The molecule has 1 fully saturated rings. The van der Waals surface area contributed by atoms with Crippen LogP contribution in [0.25, 0.3) is 0 Å². The summed E-state index contributed by atoms with van der Waals surface area (Å²) in [6.07, 6.45) is 3.24. The van der Waals surface area contributed by atoms with Crippen LogP contribution in [0.3, 0.4) is 0 Å². The maximum Gasteiger partial charge on any atom is 0.255 e. The second-order valence-electron chi connectivity index (χ2n) is 4.72. The summed E-state index contributed by atoms with van der Waals surface area (Å²) < 4.78 is 0.950. The number of aromatic hydroxyl groups is 1. The summed E-state index contributed by atoms with van der Waals surface area (Å²) in [5, 5.41) is 13.4. The van der Waals surface area contributed by atoms with Gasteiger partial charge in [-0.05, 0) is 65.8 Å². The maximum absolute atomic E-state index is 12.2. The lowest BCUT2D eigenvalue weighted by molar-refractivity contribution is 0.0935. The molecule has 2 N–H and O–H groups in total. The van der Waals surface area contributed by atoms with Crippen LogP contribution in [0.4, 0.5) is 0 Å². The van der Waals surface area contributed by atoms with Crippen LogP contribution >= 0.6 is 34.4 Å². The molecule has 5 heteroatoms. The van der Waals surface area contributed by atoms with Crippen molar-refractivity contribution in [3.63, 3.8) is 0 Å². The number of carbonyl (C=O) groups excluding carboxylic acids is 1. The maximum atomic E-state index is 12.2. The molecule has 1 aliphatic rings. The highest BCUT2D eigenvalue weighted by molar-refractivity contribution is 14.1. The van der Waals surface area contributed by atoms with Crippen molar-refractivity contribution in [2.75, 3.05) is 5.75 Å². The van der Waals surface area contributed by atoms with Crippen LogP contribution in [0.15, 0.2) is 18.2 Å². The molecule has 19 heavy (non-hydrogen) atoms. The Morgan fingerprint density at radius 2 is 2.32 bits per heavy atom. The van der Waals surface area contributed by atoms with Gasteiger partial charge >= 0.3 is 0 Å². The summed E-state index contributed by atoms with van der Waals surface area (Å²) in [5.41, 5.74) is 0.374. The molecule has 1 amide bonds.